The molecule has 1 aliphatic rings. The Morgan fingerprint density at radius 1 is 1.05 bits per heavy atom. The number of fused-ring (bicyclic) bond motifs is 1. The predicted molar refractivity (Wildman–Crippen MR) is 78.0 cm³/mol. The van der Waals surface area contributed by atoms with E-state index in [1.807, 2.05) is 30.3 Å². The number of hydrogen-bond acceptors (Lipinski definition) is 4. The molecule has 0 spiro atoms. The van der Waals surface area contributed by atoms with Crippen molar-refractivity contribution in [2.75, 3.05) is 20.8 Å². The average Bonchev–Trinajstić information content (AvgIpc) is 2.53. The lowest BCUT2D eigenvalue weighted by atomic mass is 9.95. The third-order valence-corrected chi connectivity index (χ3v) is 3.42. The summed E-state index contributed by atoms with van der Waals surface area (Å²) >= 11 is 0. The van der Waals surface area contributed by atoms with Crippen LogP contribution in [0, 0.1) is 0 Å². The van der Waals surface area contributed by atoms with Gasteiger partial charge in [-0.3, -0.25) is 9.98 Å². The fourth-order valence-corrected chi connectivity index (χ4v) is 2.44. The van der Waals surface area contributed by atoms with Crippen LogP contribution in [0.15, 0.2) is 41.5 Å². The van der Waals surface area contributed by atoms with Gasteiger partial charge in [-0.15, -0.1) is 0 Å². The molecule has 1 aromatic heterocycles. The molecule has 1 aliphatic heterocycles. The normalized spacial score (nSPS) is 13.4. The van der Waals surface area contributed by atoms with Gasteiger partial charge in [-0.2, -0.15) is 0 Å². The molecule has 0 unspecified atom stereocenters. The Bertz CT molecular complexity index is 651. The van der Waals surface area contributed by atoms with E-state index in [0.717, 1.165) is 41.4 Å². The van der Waals surface area contributed by atoms with Crippen LogP contribution in [0.1, 0.15) is 16.8 Å². The first kappa shape index (κ1) is 12.7. The molecule has 0 bridgehead atoms. The highest BCUT2D eigenvalue weighted by Crippen LogP contribution is 2.33. The predicted octanol–water partition coefficient (Wildman–Crippen LogP) is 2.49. The van der Waals surface area contributed by atoms with E-state index in [1.54, 1.807) is 20.4 Å². The second-order valence-corrected chi connectivity index (χ2v) is 4.56. The number of nitrogens with zero attached hydrogens (tertiary/aromatic N) is 2. The van der Waals surface area contributed by atoms with Gasteiger partial charge in [0, 0.05) is 18.3 Å². The Kier molecular flexibility index (Phi) is 3.37. The van der Waals surface area contributed by atoms with Crippen LogP contribution < -0.4 is 9.47 Å². The number of hydrogen-bond donors (Lipinski definition) is 0. The van der Waals surface area contributed by atoms with Gasteiger partial charge in [-0.1, -0.05) is 6.07 Å². The molecule has 0 aliphatic carbocycles. The molecule has 0 atom stereocenters. The van der Waals surface area contributed by atoms with Crippen LogP contribution in [0.5, 0.6) is 11.5 Å². The van der Waals surface area contributed by atoms with E-state index < -0.39 is 0 Å². The summed E-state index contributed by atoms with van der Waals surface area (Å²) in [6.45, 7) is 0.772. The summed E-state index contributed by atoms with van der Waals surface area (Å²) in [6.07, 6.45) is 2.69. The van der Waals surface area contributed by atoms with Crippen molar-refractivity contribution in [2.45, 2.75) is 6.42 Å². The molecular weight excluding hydrogens is 252 g/mol. The molecule has 0 saturated carbocycles. The SMILES string of the molecule is COc1cc2c(cc1OC)C(c1ccccn1)=NCC2. The molecule has 0 saturated heterocycles. The quantitative estimate of drug-likeness (QED) is 0.859. The van der Waals surface area contributed by atoms with Crippen molar-refractivity contribution in [2.24, 2.45) is 4.99 Å². The summed E-state index contributed by atoms with van der Waals surface area (Å²) in [4.78, 5) is 9.03. The van der Waals surface area contributed by atoms with Crippen LogP contribution in [-0.4, -0.2) is 31.5 Å². The zero-order chi connectivity index (χ0) is 13.9. The minimum atomic E-state index is 0.719. The molecule has 0 radical (unpaired) electrons. The highest BCUT2D eigenvalue weighted by atomic mass is 16.5. The molecule has 20 heavy (non-hydrogen) atoms. The number of methoxy groups -OCH3 is 2. The fourth-order valence-electron chi connectivity index (χ4n) is 2.44. The largest absolute Gasteiger partial charge is 0.493 e. The van der Waals surface area contributed by atoms with Gasteiger partial charge in [0.25, 0.3) is 0 Å². The summed E-state index contributed by atoms with van der Waals surface area (Å²) in [5.41, 5.74) is 4.11. The van der Waals surface area contributed by atoms with Crippen molar-refractivity contribution < 1.29 is 9.47 Å². The van der Waals surface area contributed by atoms with Gasteiger partial charge >= 0.3 is 0 Å². The number of ether oxygens (including phenoxy) is 2. The number of pyridine rings is 1. The van der Waals surface area contributed by atoms with E-state index in [1.165, 1.54) is 5.56 Å². The van der Waals surface area contributed by atoms with Crippen LogP contribution in [-0.2, 0) is 6.42 Å². The molecule has 102 valence electrons. The number of aliphatic imine (C=N–C) groups is 1. The van der Waals surface area contributed by atoms with Gasteiger partial charge in [0.2, 0.25) is 0 Å². The summed E-state index contributed by atoms with van der Waals surface area (Å²) in [7, 11) is 3.30. The fraction of sp³-hybridized carbons (Fsp3) is 0.250. The van der Waals surface area contributed by atoms with Crippen molar-refractivity contribution >= 4 is 5.71 Å². The minimum Gasteiger partial charge on any atom is -0.493 e. The number of benzene rings is 1. The van der Waals surface area contributed by atoms with Gasteiger partial charge < -0.3 is 9.47 Å². The maximum absolute atomic E-state index is 5.39. The van der Waals surface area contributed by atoms with Gasteiger partial charge in [-0.05, 0) is 36.2 Å². The molecule has 0 amide bonds. The monoisotopic (exact) mass is 268 g/mol. The van der Waals surface area contributed by atoms with Gasteiger partial charge in [0.15, 0.2) is 11.5 Å². The Hall–Kier alpha value is -2.36. The van der Waals surface area contributed by atoms with Crippen LogP contribution in [0.2, 0.25) is 0 Å². The van der Waals surface area contributed by atoms with Crippen LogP contribution in [0.4, 0.5) is 0 Å². The summed E-state index contributed by atoms with van der Waals surface area (Å²) in [5, 5.41) is 0. The van der Waals surface area contributed by atoms with E-state index in [0.29, 0.717) is 0 Å². The van der Waals surface area contributed by atoms with Crippen molar-refractivity contribution in [3.8, 4) is 11.5 Å². The molecule has 2 heterocycles. The Morgan fingerprint density at radius 3 is 2.55 bits per heavy atom. The molecule has 3 rings (SSSR count). The van der Waals surface area contributed by atoms with Gasteiger partial charge in [0.05, 0.1) is 25.6 Å². The minimum absolute atomic E-state index is 0.719. The first-order valence-corrected chi connectivity index (χ1v) is 6.54. The van der Waals surface area contributed by atoms with Crippen molar-refractivity contribution in [1.82, 2.24) is 4.98 Å². The third kappa shape index (κ3) is 2.13. The zero-order valence-corrected chi connectivity index (χ0v) is 11.6. The average molecular weight is 268 g/mol. The maximum atomic E-state index is 5.39. The molecule has 2 aromatic rings. The zero-order valence-electron chi connectivity index (χ0n) is 11.6. The maximum Gasteiger partial charge on any atom is 0.161 e. The first-order chi connectivity index (χ1) is 9.83. The van der Waals surface area contributed by atoms with E-state index in [2.05, 4.69) is 9.98 Å². The molecule has 0 N–H and O–H groups in total. The topological polar surface area (TPSA) is 43.7 Å². The highest BCUT2D eigenvalue weighted by molar-refractivity contribution is 6.13. The molecule has 1 aromatic carbocycles. The lowest BCUT2D eigenvalue weighted by Gasteiger charge is -2.19. The van der Waals surface area contributed by atoms with E-state index >= 15 is 0 Å². The number of aromatic nitrogens is 1. The van der Waals surface area contributed by atoms with E-state index in [-0.39, 0.29) is 0 Å². The van der Waals surface area contributed by atoms with E-state index in [4.69, 9.17) is 9.47 Å². The van der Waals surface area contributed by atoms with Crippen molar-refractivity contribution in [3.05, 3.63) is 53.3 Å². The van der Waals surface area contributed by atoms with Crippen LogP contribution in [0.3, 0.4) is 0 Å². The lowest BCUT2D eigenvalue weighted by molar-refractivity contribution is 0.354. The highest BCUT2D eigenvalue weighted by Gasteiger charge is 2.20. The summed E-state index contributed by atoms with van der Waals surface area (Å²) < 4.78 is 10.7. The Balaban J connectivity index is 2.13. The lowest BCUT2D eigenvalue weighted by Crippen LogP contribution is -2.15. The Labute approximate surface area is 118 Å². The number of rotatable bonds is 3. The van der Waals surface area contributed by atoms with Crippen molar-refractivity contribution in [3.63, 3.8) is 0 Å². The summed E-state index contributed by atoms with van der Waals surface area (Å²) in [5.74, 6) is 1.48. The summed E-state index contributed by atoms with van der Waals surface area (Å²) in [6, 6.07) is 9.87. The molecular formula is C16H16N2O2. The van der Waals surface area contributed by atoms with Gasteiger partial charge in [0.1, 0.15) is 0 Å². The third-order valence-electron chi connectivity index (χ3n) is 3.42. The second-order valence-electron chi connectivity index (χ2n) is 4.56. The molecule has 4 heteroatoms. The molecule has 0 fully saturated rings. The Morgan fingerprint density at radius 2 is 1.85 bits per heavy atom. The first-order valence-electron chi connectivity index (χ1n) is 6.54. The second kappa shape index (κ2) is 5.33. The van der Waals surface area contributed by atoms with E-state index in [9.17, 15) is 0 Å². The smallest absolute Gasteiger partial charge is 0.161 e. The van der Waals surface area contributed by atoms with Crippen molar-refractivity contribution in [1.29, 1.82) is 0 Å². The van der Waals surface area contributed by atoms with Crippen LogP contribution in [0.25, 0.3) is 0 Å². The standard InChI is InChI=1S/C16H16N2O2/c1-19-14-9-11-6-8-18-16(12(11)10-15(14)20-2)13-5-3-4-7-17-13/h3-5,7,9-10H,6,8H2,1-2H3. The molecule has 4 nitrogen and oxygen atoms in total. The van der Waals surface area contributed by atoms with Crippen LogP contribution >= 0.6 is 0 Å². The van der Waals surface area contributed by atoms with Gasteiger partial charge in [-0.25, -0.2) is 0 Å².